The van der Waals surface area contributed by atoms with Crippen molar-refractivity contribution in [2.45, 2.75) is 19.3 Å². The highest BCUT2D eigenvalue weighted by atomic mass is 16.2. The van der Waals surface area contributed by atoms with E-state index in [9.17, 15) is 14.4 Å². The smallest absolute Gasteiger partial charge is 0.229 e. The number of nitrogens with one attached hydrogen (secondary N) is 1. The maximum Gasteiger partial charge on any atom is 0.229 e. The lowest BCUT2D eigenvalue weighted by Crippen LogP contribution is -2.32. The fourth-order valence-corrected chi connectivity index (χ4v) is 1.91. The van der Waals surface area contributed by atoms with Crippen LogP contribution in [0.1, 0.15) is 19.3 Å². The van der Waals surface area contributed by atoms with Gasteiger partial charge in [0, 0.05) is 25.8 Å². The monoisotopic (exact) mass is 261 g/mol. The molecular weight excluding hydrogens is 246 g/mol. The molecule has 0 atom stereocenters. The van der Waals surface area contributed by atoms with Gasteiger partial charge in [-0.15, -0.1) is 0 Å². The van der Waals surface area contributed by atoms with Crippen LogP contribution >= 0.6 is 0 Å². The molecule has 0 spiro atoms. The zero-order valence-electron chi connectivity index (χ0n) is 10.4. The van der Waals surface area contributed by atoms with Crippen molar-refractivity contribution in [3.63, 3.8) is 0 Å². The first-order valence-corrected chi connectivity index (χ1v) is 6.05. The lowest BCUT2D eigenvalue weighted by molar-refractivity contribution is -0.138. The normalized spacial score (nSPS) is 14.8. The van der Waals surface area contributed by atoms with E-state index in [1.165, 1.54) is 0 Å². The summed E-state index contributed by atoms with van der Waals surface area (Å²) in [6, 6.07) is 6.91. The number of para-hydroxylation sites is 2. The van der Waals surface area contributed by atoms with E-state index in [1.54, 1.807) is 24.3 Å². The Bertz CT molecular complexity index is 512. The summed E-state index contributed by atoms with van der Waals surface area (Å²) in [7, 11) is 0. The number of hydrogen-bond donors (Lipinski definition) is 2. The SMILES string of the molecule is Nc1ccccc1NC(=O)CCN1C(=O)CCC1=O. The third kappa shape index (κ3) is 3.09. The first-order chi connectivity index (χ1) is 9.08. The Balaban J connectivity index is 1.87. The molecule has 1 aliphatic rings. The van der Waals surface area contributed by atoms with Gasteiger partial charge in [0.05, 0.1) is 11.4 Å². The van der Waals surface area contributed by atoms with Gasteiger partial charge in [0.25, 0.3) is 0 Å². The summed E-state index contributed by atoms with van der Waals surface area (Å²) in [6.07, 6.45) is 0.560. The molecule has 19 heavy (non-hydrogen) atoms. The largest absolute Gasteiger partial charge is 0.397 e. The van der Waals surface area contributed by atoms with Crippen LogP contribution in [0.15, 0.2) is 24.3 Å². The molecule has 0 aliphatic carbocycles. The highest BCUT2D eigenvalue weighted by molar-refractivity contribution is 6.02. The van der Waals surface area contributed by atoms with Gasteiger partial charge in [-0.05, 0) is 12.1 Å². The van der Waals surface area contributed by atoms with Gasteiger partial charge >= 0.3 is 0 Å². The number of imide groups is 1. The minimum Gasteiger partial charge on any atom is -0.397 e. The molecule has 6 heteroatoms. The van der Waals surface area contributed by atoms with Crippen LogP contribution in [0, 0.1) is 0 Å². The van der Waals surface area contributed by atoms with Crippen LogP contribution in [0.25, 0.3) is 0 Å². The fraction of sp³-hybridized carbons (Fsp3) is 0.308. The van der Waals surface area contributed by atoms with Gasteiger partial charge < -0.3 is 11.1 Å². The fourth-order valence-electron chi connectivity index (χ4n) is 1.91. The Hall–Kier alpha value is -2.37. The van der Waals surface area contributed by atoms with Gasteiger partial charge in [0.1, 0.15) is 0 Å². The molecule has 100 valence electrons. The zero-order chi connectivity index (χ0) is 13.8. The van der Waals surface area contributed by atoms with Crippen molar-refractivity contribution >= 4 is 29.1 Å². The average Bonchev–Trinajstić information content (AvgIpc) is 2.70. The van der Waals surface area contributed by atoms with Gasteiger partial charge in [-0.2, -0.15) is 0 Å². The van der Waals surface area contributed by atoms with Crippen LogP contribution in [0.2, 0.25) is 0 Å². The van der Waals surface area contributed by atoms with Crippen LogP contribution in [0.5, 0.6) is 0 Å². The van der Waals surface area contributed by atoms with Gasteiger partial charge in [-0.1, -0.05) is 12.1 Å². The maximum atomic E-state index is 11.7. The molecule has 0 aromatic heterocycles. The van der Waals surface area contributed by atoms with Gasteiger partial charge in [-0.25, -0.2) is 0 Å². The molecule has 2 rings (SSSR count). The molecule has 3 amide bonds. The number of anilines is 2. The van der Waals surface area contributed by atoms with Crippen molar-refractivity contribution in [1.82, 2.24) is 4.90 Å². The lowest BCUT2D eigenvalue weighted by atomic mass is 10.2. The van der Waals surface area contributed by atoms with E-state index in [2.05, 4.69) is 5.32 Å². The summed E-state index contributed by atoms with van der Waals surface area (Å²) in [5, 5.41) is 2.65. The number of nitrogen functional groups attached to an aromatic ring is 1. The predicted molar refractivity (Wildman–Crippen MR) is 70.1 cm³/mol. The second kappa shape index (κ2) is 5.51. The standard InChI is InChI=1S/C13H15N3O3/c14-9-3-1-2-4-10(9)15-11(17)7-8-16-12(18)5-6-13(16)19/h1-4H,5-8,14H2,(H,15,17). The minimum absolute atomic E-state index is 0.0752. The first kappa shape index (κ1) is 13.1. The predicted octanol–water partition coefficient (Wildman–Crippen LogP) is 0.746. The number of likely N-dealkylation sites (tertiary alicyclic amines) is 1. The Morgan fingerprint density at radius 2 is 1.84 bits per heavy atom. The highest BCUT2D eigenvalue weighted by Crippen LogP contribution is 2.17. The van der Waals surface area contributed by atoms with Crippen LogP contribution in [-0.4, -0.2) is 29.2 Å². The third-order valence-electron chi connectivity index (χ3n) is 2.95. The molecule has 1 fully saturated rings. The molecule has 1 saturated heterocycles. The van der Waals surface area contributed by atoms with Crippen molar-refractivity contribution in [3.8, 4) is 0 Å². The number of benzene rings is 1. The van der Waals surface area contributed by atoms with Crippen LogP contribution in [0.3, 0.4) is 0 Å². The molecule has 1 aromatic carbocycles. The van der Waals surface area contributed by atoms with E-state index in [-0.39, 0.29) is 43.5 Å². The second-order valence-electron chi connectivity index (χ2n) is 4.32. The number of carbonyl (C=O) groups excluding carboxylic acids is 3. The van der Waals surface area contributed by atoms with E-state index >= 15 is 0 Å². The molecule has 0 radical (unpaired) electrons. The summed E-state index contributed by atoms with van der Waals surface area (Å²) in [4.78, 5) is 35.6. The topological polar surface area (TPSA) is 92.5 Å². The third-order valence-corrected chi connectivity index (χ3v) is 2.95. The van der Waals surface area contributed by atoms with E-state index in [0.29, 0.717) is 11.4 Å². The zero-order valence-corrected chi connectivity index (χ0v) is 10.4. The van der Waals surface area contributed by atoms with Crippen molar-refractivity contribution in [1.29, 1.82) is 0 Å². The molecular formula is C13H15N3O3. The van der Waals surface area contributed by atoms with Crippen molar-refractivity contribution in [2.24, 2.45) is 0 Å². The van der Waals surface area contributed by atoms with Gasteiger partial charge in [0.15, 0.2) is 0 Å². The van der Waals surface area contributed by atoms with Gasteiger partial charge in [-0.3, -0.25) is 19.3 Å². The van der Waals surface area contributed by atoms with E-state index in [1.807, 2.05) is 0 Å². The van der Waals surface area contributed by atoms with E-state index < -0.39 is 0 Å². The van der Waals surface area contributed by atoms with Crippen LogP contribution in [0.4, 0.5) is 11.4 Å². The summed E-state index contributed by atoms with van der Waals surface area (Å²) >= 11 is 0. The van der Waals surface area contributed by atoms with E-state index in [4.69, 9.17) is 5.73 Å². The molecule has 1 aliphatic heterocycles. The summed E-state index contributed by atoms with van der Waals surface area (Å²) < 4.78 is 0. The summed E-state index contributed by atoms with van der Waals surface area (Å²) in [6.45, 7) is 0.121. The molecule has 6 nitrogen and oxygen atoms in total. The van der Waals surface area contributed by atoms with Crippen molar-refractivity contribution in [3.05, 3.63) is 24.3 Å². The number of nitrogens with two attached hydrogens (primary N) is 1. The maximum absolute atomic E-state index is 11.7. The van der Waals surface area contributed by atoms with Gasteiger partial charge in [0.2, 0.25) is 17.7 Å². The summed E-state index contributed by atoms with van der Waals surface area (Å²) in [5.41, 5.74) is 6.71. The number of nitrogens with zero attached hydrogens (tertiary/aromatic N) is 1. The molecule has 1 heterocycles. The Kier molecular flexibility index (Phi) is 3.79. The second-order valence-corrected chi connectivity index (χ2v) is 4.32. The number of hydrogen-bond acceptors (Lipinski definition) is 4. The average molecular weight is 261 g/mol. The Morgan fingerprint density at radius 1 is 1.21 bits per heavy atom. The Morgan fingerprint density at radius 3 is 2.47 bits per heavy atom. The number of amides is 3. The number of rotatable bonds is 4. The molecule has 0 unspecified atom stereocenters. The molecule has 3 N–H and O–H groups in total. The molecule has 0 bridgehead atoms. The first-order valence-electron chi connectivity index (χ1n) is 6.05. The quantitative estimate of drug-likeness (QED) is 0.617. The summed E-state index contributed by atoms with van der Waals surface area (Å²) in [5.74, 6) is -0.695. The lowest BCUT2D eigenvalue weighted by Gasteiger charge is -2.13. The Labute approximate surface area is 110 Å². The van der Waals surface area contributed by atoms with Crippen molar-refractivity contribution in [2.75, 3.05) is 17.6 Å². The van der Waals surface area contributed by atoms with Crippen LogP contribution < -0.4 is 11.1 Å². The molecule has 1 aromatic rings. The van der Waals surface area contributed by atoms with Crippen molar-refractivity contribution < 1.29 is 14.4 Å². The number of carbonyl (C=O) groups is 3. The minimum atomic E-state index is -0.273. The van der Waals surface area contributed by atoms with Crippen LogP contribution in [-0.2, 0) is 14.4 Å². The molecule has 0 saturated carbocycles. The highest BCUT2D eigenvalue weighted by Gasteiger charge is 2.28. The van der Waals surface area contributed by atoms with E-state index in [0.717, 1.165) is 4.90 Å².